The molecule has 0 amide bonds. The number of hydrogen-bond donors (Lipinski definition) is 2. The smallest absolute Gasteiger partial charge is 0.423 e. The average molecular weight is 189 g/mol. The molecule has 70 valence electrons. The Morgan fingerprint density at radius 2 is 1.85 bits per heavy atom. The molecule has 0 unspecified atom stereocenters. The molecule has 1 aromatic heterocycles. The van der Waals surface area contributed by atoms with E-state index in [1.54, 1.807) is 0 Å². The van der Waals surface area contributed by atoms with E-state index in [4.69, 9.17) is 22.4 Å². The second kappa shape index (κ2) is 3.43. The zero-order valence-electron chi connectivity index (χ0n) is 15.5. The van der Waals surface area contributed by atoms with Crippen LogP contribution >= 0.6 is 0 Å². The summed E-state index contributed by atoms with van der Waals surface area (Å²) in [6, 6.07) is 0. The van der Waals surface area contributed by atoms with Gasteiger partial charge in [-0.1, -0.05) is 20.6 Å². The maximum atomic E-state index is 8.94. The SMILES string of the molecule is [2H]C([2H])([2H])C(c1ncc(B(O)O)cn1)(C([2H])([2H])[2H])C([2H])([2H])[2H]. The molecule has 0 bridgehead atoms. The monoisotopic (exact) mass is 189 g/mol. The summed E-state index contributed by atoms with van der Waals surface area (Å²) in [5.74, 6) is -0.933. The van der Waals surface area contributed by atoms with Crippen molar-refractivity contribution in [3.63, 3.8) is 0 Å². The lowest BCUT2D eigenvalue weighted by Crippen LogP contribution is -2.32. The molecule has 4 nitrogen and oxygen atoms in total. The summed E-state index contributed by atoms with van der Waals surface area (Å²) in [6.45, 7) is -10.4. The van der Waals surface area contributed by atoms with Crippen LogP contribution in [0.3, 0.4) is 0 Å². The minimum atomic E-state index is -3.46. The molecule has 0 aliphatic carbocycles. The minimum Gasteiger partial charge on any atom is -0.423 e. The van der Waals surface area contributed by atoms with Crippen LogP contribution in [0.15, 0.2) is 12.4 Å². The van der Waals surface area contributed by atoms with Crippen molar-refractivity contribution >= 4 is 12.6 Å². The molecule has 5 heteroatoms. The molecule has 2 N–H and O–H groups in total. The largest absolute Gasteiger partial charge is 0.491 e. The Hall–Kier alpha value is -0.935. The zero-order valence-corrected chi connectivity index (χ0v) is 6.52. The van der Waals surface area contributed by atoms with Crippen molar-refractivity contribution in [2.24, 2.45) is 0 Å². The molecule has 0 saturated carbocycles. The van der Waals surface area contributed by atoms with Crippen LogP contribution in [0.5, 0.6) is 0 Å². The number of nitrogens with zero attached hydrogens (tertiary/aromatic N) is 2. The maximum absolute atomic E-state index is 8.94. The van der Waals surface area contributed by atoms with E-state index in [-0.39, 0.29) is 5.46 Å². The van der Waals surface area contributed by atoms with E-state index in [9.17, 15) is 0 Å². The van der Waals surface area contributed by atoms with Crippen LogP contribution in [0.25, 0.3) is 0 Å². The van der Waals surface area contributed by atoms with Gasteiger partial charge < -0.3 is 10.0 Å². The summed E-state index contributed by atoms with van der Waals surface area (Å²) in [4.78, 5) is 6.92. The first-order valence-corrected chi connectivity index (χ1v) is 3.35. The van der Waals surface area contributed by atoms with E-state index in [1.807, 2.05) is 0 Å². The quantitative estimate of drug-likeness (QED) is 0.582. The molecule has 0 aliphatic heterocycles. The van der Waals surface area contributed by atoms with E-state index in [0.29, 0.717) is 0 Å². The highest BCUT2D eigenvalue weighted by Gasteiger charge is 2.18. The number of rotatable bonds is 1. The van der Waals surface area contributed by atoms with E-state index in [0.717, 1.165) is 12.4 Å². The van der Waals surface area contributed by atoms with Crippen molar-refractivity contribution in [2.45, 2.75) is 26.0 Å². The van der Waals surface area contributed by atoms with Gasteiger partial charge in [-0.25, -0.2) is 9.97 Å². The standard InChI is InChI=1S/C8H13BN2O2/c1-8(2,3)7-10-4-6(5-11-7)9(12)13/h4-5,12-13H,1-3H3/i1D3,2D3,3D3. The Kier molecular flexibility index (Phi) is 0.880. The van der Waals surface area contributed by atoms with Gasteiger partial charge >= 0.3 is 7.12 Å². The first kappa shape index (κ1) is 3.33. The summed E-state index contributed by atoms with van der Waals surface area (Å²) in [6.07, 6.45) is 1.54. The lowest BCUT2D eigenvalue weighted by atomic mass is 9.82. The molecule has 0 fully saturated rings. The van der Waals surface area contributed by atoms with Crippen molar-refractivity contribution in [3.8, 4) is 0 Å². The van der Waals surface area contributed by atoms with Gasteiger partial charge in [-0.05, 0) is 0 Å². The first-order chi connectivity index (χ1) is 9.66. The van der Waals surface area contributed by atoms with Gasteiger partial charge in [-0.15, -0.1) is 0 Å². The van der Waals surface area contributed by atoms with Crippen LogP contribution in [0, 0.1) is 0 Å². The molecule has 0 radical (unpaired) electrons. The fourth-order valence-electron chi connectivity index (χ4n) is 0.665. The summed E-state index contributed by atoms with van der Waals surface area (Å²) in [5, 5.41) is 17.9. The van der Waals surface area contributed by atoms with E-state index in [2.05, 4.69) is 9.97 Å². The number of aromatic nitrogens is 2. The molecule has 0 spiro atoms. The summed E-state index contributed by atoms with van der Waals surface area (Å²) in [5.41, 5.74) is -3.54. The van der Waals surface area contributed by atoms with E-state index >= 15 is 0 Å². The van der Waals surface area contributed by atoms with Gasteiger partial charge in [0.25, 0.3) is 0 Å². The van der Waals surface area contributed by atoms with Gasteiger partial charge in [-0.3, -0.25) is 0 Å². The number of hydrogen-bond acceptors (Lipinski definition) is 4. The first-order valence-electron chi connectivity index (χ1n) is 7.85. The average Bonchev–Trinajstić information content (AvgIpc) is 2.23. The van der Waals surface area contributed by atoms with Crippen LogP contribution in [-0.2, 0) is 5.41 Å². The molecule has 0 aliphatic rings. The molecule has 13 heavy (non-hydrogen) atoms. The zero-order chi connectivity index (χ0) is 17.6. The Labute approximate surface area is 90.5 Å². The molecule has 0 saturated heterocycles. The van der Waals surface area contributed by atoms with Gasteiger partial charge in [-0.2, -0.15) is 0 Å². The normalized spacial score (nSPS) is 24.6. The predicted octanol–water partition coefficient (Wildman–Crippen LogP) is -0.546. The topological polar surface area (TPSA) is 66.2 Å². The molecule has 1 rings (SSSR count). The maximum Gasteiger partial charge on any atom is 0.491 e. The van der Waals surface area contributed by atoms with Gasteiger partial charge in [0, 0.05) is 35.6 Å². The highest BCUT2D eigenvalue weighted by Crippen LogP contribution is 2.15. The molecule has 0 atom stereocenters. The van der Waals surface area contributed by atoms with E-state index < -0.39 is 38.9 Å². The Bertz CT molecular complexity index is 486. The van der Waals surface area contributed by atoms with Crippen molar-refractivity contribution < 1.29 is 22.4 Å². The highest BCUT2D eigenvalue weighted by molar-refractivity contribution is 6.58. The molecular formula is C8H13BN2O2. The molecule has 0 aromatic carbocycles. The van der Waals surface area contributed by atoms with Crippen LogP contribution < -0.4 is 5.46 Å². The minimum absolute atomic E-state index is 0.237. The highest BCUT2D eigenvalue weighted by atomic mass is 16.4. The molecule has 1 heterocycles. The van der Waals surface area contributed by atoms with Crippen molar-refractivity contribution in [1.82, 2.24) is 9.97 Å². The Balaban J connectivity index is 3.71. The van der Waals surface area contributed by atoms with Crippen molar-refractivity contribution in [2.75, 3.05) is 0 Å². The van der Waals surface area contributed by atoms with Crippen LogP contribution in [0.2, 0.25) is 0 Å². The summed E-state index contributed by atoms with van der Waals surface area (Å²) < 4.78 is 67.1. The molecular weight excluding hydrogens is 167 g/mol. The Morgan fingerprint density at radius 3 is 2.23 bits per heavy atom. The van der Waals surface area contributed by atoms with Gasteiger partial charge in [0.15, 0.2) is 0 Å². The lowest BCUT2D eigenvalue weighted by Gasteiger charge is -2.15. The summed E-state index contributed by atoms with van der Waals surface area (Å²) in [7, 11) is -1.96. The van der Waals surface area contributed by atoms with Crippen LogP contribution in [-0.4, -0.2) is 27.1 Å². The lowest BCUT2D eigenvalue weighted by molar-refractivity contribution is 0.425. The van der Waals surface area contributed by atoms with Gasteiger partial charge in [0.2, 0.25) is 0 Å². The third-order valence-electron chi connectivity index (χ3n) is 1.31. The fraction of sp³-hybridized carbons (Fsp3) is 0.500. The summed E-state index contributed by atoms with van der Waals surface area (Å²) >= 11 is 0. The van der Waals surface area contributed by atoms with Gasteiger partial charge in [0.05, 0.1) is 0 Å². The predicted molar refractivity (Wildman–Crippen MR) is 50.6 cm³/mol. The van der Waals surface area contributed by atoms with E-state index in [1.165, 1.54) is 0 Å². The van der Waals surface area contributed by atoms with Gasteiger partial charge in [0.1, 0.15) is 5.82 Å². The van der Waals surface area contributed by atoms with Crippen molar-refractivity contribution in [3.05, 3.63) is 18.2 Å². The Morgan fingerprint density at radius 1 is 1.31 bits per heavy atom. The third-order valence-corrected chi connectivity index (χ3v) is 1.31. The second-order valence-corrected chi connectivity index (χ2v) is 2.46. The third kappa shape index (κ3) is 2.50. The van der Waals surface area contributed by atoms with Crippen LogP contribution in [0.4, 0.5) is 0 Å². The molecule has 1 aromatic rings. The second-order valence-electron chi connectivity index (χ2n) is 2.46. The fourth-order valence-corrected chi connectivity index (χ4v) is 0.665. The van der Waals surface area contributed by atoms with Crippen molar-refractivity contribution in [1.29, 1.82) is 0 Å². The van der Waals surface area contributed by atoms with Crippen LogP contribution in [0.1, 0.15) is 38.7 Å².